The van der Waals surface area contributed by atoms with Crippen LogP contribution in [-0.4, -0.2) is 31.2 Å². The first-order valence-corrected chi connectivity index (χ1v) is 8.04. The van der Waals surface area contributed by atoms with Crippen molar-refractivity contribution in [3.8, 4) is 0 Å². The molecule has 0 bridgehead atoms. The van der Waals surface area contributed by atoms with Gasteiger partial charge < -0.3 is 9.47 Å². The van der Waals surface area contributed by atoms with E-state index in [9.17, 15) is 14.4 Å². The molecule has 0 spiro atoms. The molecule has 0 unspecified atom stereocenters. The number of hydrogen-bond donors (Lipinski definition) is 1. The second kappa shape index (κ2) is 7.40. The zero-order valence-electron chi connectivity index (χ0n) is 12.6. The van der Waals surface area contributed by atoms with Crippen molar-refractivity contribution in [2.45, 2.75) is 45.1 Å². The van der Waals surface area contributed by atoms with E-state index in [1.165, 1.54) is 35.1 Å². The molecule has 120 valence electrons. The van der Waals surface area contributed by atoms with Gasteiger partial charge in [0.05, 0.1) is 7.11 Å². The van der Waals surface area contributed by atoms with Crippen LogP contribution in [0.5, 0.6) is 0 Å². The highest BCUT2D eigenvalue weighted by atomic mass is 32.1. The Hall–Kier alpha value is -1.89. The molecule has 2 rings (SSSR count). The smallest absolute Gasteiger partial charge is 0.413 e. The van der Waals surface area contributed by atoms with Gasteiger partial charge in [-0.15, -0.1) is 11.3 Å². The van der Waals surface area contributed by atoms with Crippen molar-refractivity contribution in [3.05, 3.63) is 21.4 Å². The van der Waals surface area contributed by atoms with Gasteiger partial charge in [-0.1, -0.05) is 6.42 Å². The Morgan fingerprint density at radius 1 is 1.23 bits per heavy atom. The van der Waals surface area contributed by atoms with Gasteiger partial charge in [-0.2, -0.15) is 0 Å². The standard InChI is InChI=1S/C15H19NO5S/c1-9(13(17)16-15(19)20-2)21-14(18)12-8-10-6-4-3-5-7-11(10)22-12/h8-9H,3-7H2,1-2H3,(H,16,17,19)/t9-/m1/s1. The number of carbonyl (C=O) groups excluding carboxylic acids is 3. The highest BCUT2D eigenvalue weighted by Crippen LogP contribution is 2.29. The number of hydrogen-bond acceptors (Lipinski definition) is 6. The van der Waals surface area contributed by atoms with Crippen LogP contribution in [0.3, 0.4) is 0 Å². The van der Waals surface area contributed by atoms with E-state index in [0.717, 1.165) is 32.8 Å². The van der Waals surface area contributed by atoms with E-state index < -0.39 is 24.1 Å². The summed E-state index contributed by atoms with van der Waals surface area (Å²) < 4.78 is 9.42. The molecule has 6 nitrogen and oxygen atoms in total. The molecule has 1 aliphatic rings. The van der Waals surface area contributed by atoms with Gasteiger partial charge in [0.1, 0.15) is 4.88 Å². The lowest BCUT2D eigenvalue weighted by atomic mass is 10.1. The van der Waals surface area contributed by atoms with Crippen LogP contribution in [0.2, 0.25) is 0 Å². The predicted octanol–water partition coefficient (Wildman–Crippen LogP) is 2.44. The van der Waals surface area contributed by atoms with Crippen molar-refractivity contribution >= 4 is 29.3 Å². The lowest BCUT2D eigenvalue weighted by Gasteiger charge is -2.11. The highest BCUT2D eigenvalue weighted by molar-refractivity contribution is 7.14. The molecule has 1 N–H and O–H groups in total. The zero-order valence-corrected chi connectivity index (χ0v) is 13.5. The van der Waals surface area contributed by atoms with Gasteiger partial charge in [0.25, 0.3) is 5.91 Å². The first-order valence-electron chi connectivity index (χ1n) is 7.22. The number of fused-ring (bicyclic) bond motifs is 1. The summed E-state index contributed by atoms with van der Waals surface area (Å²) in [6, 6.07) is 1.86. The van der Waals surface area contributed by atoms with Crippen molar-refractivity contribution in [2.75, 3.05) is 7.11 Å². The Labute approximate surface area is 132 Å². The predicted molar refractivity (Wildman–Crippen MR) is 81.0 cm³/mol. The summed E-state index contributed by atoms with van der Waals surface area (Å²) in [5, 5.41) is 1.97. The molecule has 1 aromatic rings. The number of amides is 2. The summed E-state index contributed by atoms with van der Waals surface area (Å²) in [6.45, 7) is 1.41. The summed E-state index contributed by atoms with van der Waals surface area (Å²) in [5.41, 5.74) is 1.21. The van der Waals surface area contributed by atoms with Gasteiger partial charge in [0.15, 0.2) is 6.10 Å². The molecule has 0 aromatic carbocycles. The Kier molecular flexibility index (Phi) is 5.54. The van der Waals surface area contributed by atoms with Gasteiger partial charge in [-0.3, -0.25) is 10.1 Å². The first-order chi connectivity index (χ1) is 10.5. The van der Waals surface area contributed by atoms with Crippen LogP contribution in [0.25, 0.3) is 0 Å². The summed E-state index contributed by atoms with van der Waals surface area (Å²) >= 11 is 1.43. The van der Waals surface area contributed by atoms with Crippen LogP contribution in [0.1, 0.15) is 46.3 Å². The molecule has 1 heterocycles. The van der Waals surface area contributed by atoms with E-state index in [-0.39, 0.29) is 0 Å². The normalized spacial score (nSPS) is 15.2. The third-order valence-electron chi connectivity index (χ3n) is 3.51. The average Bonchev–Trinajstić information content (AvgIpc) is 2.78. The fourth-order valence-corrected chi connectivity index (χ4v) is 3.43. The largest absolute Gasteiger partial charge is 0.453 e. The van der Waals surface area contributed by atoms with Crippen LogP contribution >= 0.6 is 11.3 Å². The van der Waals surface area contributed by atoms with Crippen molar-refractivity contribution in [2.24, 2.45) is 0 Å². The third kappa shape index (κ3) is 4.07. The molecule has 0 aliphatic heterocycles. The van der Waals surface area contributed by atoms with Gasteiger partial charge >= 0.3 is 12.1 Å². The minimum absolute atomic E-state index is 0.504. The highest BCUT2D eigenvalue weighted by Gasteiger charge is 2.23. The number of thiophene rings is 1. The van der Waals surface area contributed by atoms with E-state index in [1.54, 1.807) is 0 Å². The van der Waals surface area contributed by atoms with E-state index in [0.29, 0.717) is 4.88 Å². The summed E-state index contributed by atoms with van der Waals surface area (Å²) in [5.74, 6) is -1.25. The Morgan fingerprint density at radius 3 is 2.68 bits per heavy atom. The van der Waals surface area contributed by atoms with Gasteiger partial charge in [-0.25, -0.2) is 9.59 Å². The van der Waals surface area contributed by atoms with Crippen molar-refractivity contribution in [1.29, 1.82) is 0 Å². The zero-order chi connectivity index (χ0) is 16.1. The van der Waals surface area contributed by atoms with E-state index >= 15 is 0 Å². The number of nitrogens with one attached hydrogen (secondary N) is 1. The van der Waals surface area contributed by atoms with Crippen LogP contribution in [0.4, 0.5) is 4.79 Å². The van der Waals surface area contributed by atoms with Crippen LogP contribution in [-0.2, 0) is 27.1 Å². The molecule has 1 aromatic heterocycles. The summed E-state index contributed by atoms with van der Waals surface area (Å²) in [4.78, 5) is 36.4. The van der Waals surface area contributed by atoms with Crippen molar-refractivity contribution < 1.29 is 23.9 Å². The maximum absolute atomic E-state index is 12.1. The fraction of sp³-hybridized carbons (Fsp3) is 0.533. The summed E-state index contributed by atoms with van der Waals surface area (Å²) in [7, 11) is 1.15. The van der Waals surface area contributed by atoms with Crippen LogP contribution < -0.4 is 5.32 Å². The lowest BCUT2D eigenvalue weighted by Crippen LogP contribution is -2.39. The summed E-state index contributed by atoms with van der Waals surface area (Å²) in [6.07, 6.45) is 3.52. The molecule has 2 amide bonds. The van der Waals surface area contributed by atoms with Gasteiger partial charge in [0, 0.05) is 4.88 Å². The number of methoxy groups -OCH3 is 1. The Morgan fingerprint density at radius 2 is 1.95 bits per heavy atom. The number of aryl methyl sites for hydroxylation is 2. The monoisotopic (exact) mass is 325 g/mol. The number of ether oxygens (including phenoxy) is 2. The number of rotatable bonds is 3. The Balaban J connectivity index is 1.97. The number of esters is 1. The third-order valence-corrected chi connectivity index (χ3v) is 4.73. The number of alkyl carbamates (subject to hydrolysis) is 1. The molecule has 1 aliphatic carbocycles. The van der Waals surface area contributed by atoms with Crippen molar-refractivity contribution in [1.82, 2.24) is 5.32 Å². The van der Waals surface area contributed by atoms with Crippen LogP contribution in [0, 0.1) is 0 Å². The molecule has 22 heavy (non-hydrogen) atoms. The minimum atomic E-state index is -1.06. The fourth-order valence-electron chi connectivity index (χ4n) is 2.29. The molecule has 1 atom stereocenters. The molecule has 0 saturated carbocycles. The average molecular weight is 325 g/mol. The Bertz CT molecular complexity index is 557. The van der Waals surface area contributed by atoms with Gasteiger partial charge in [0.2, 0.25) is 0 Å². The molecular weight excluding hydrogens is 306 g/mol. The van der Waals surface area contributed by atoms with E-state index in [2.05, 4.69) is 4.74 Å². The lowest BCUT2D eigenvalue weighted by molar-refractivity contribution is -0.128. The number of imide groups is 1. The maximum Gasteiger partial charge on any atom is 0.413 e. The quantitative estimate of drug-likeness (QED) is 0.682. The second-order valence-electron chi connectivity index (χ2n) is 5.15. The van der Waals surface area contributed by atoms with Crippen molar-refractivity contribution in [3.63, 3.8) is 0 Å². The molecule has 0 fully saturated rings. The van der Waals surface area contributed by atoms with Crippen LogP contribution in [0.15, 0.2) is 6.07 Å². The van der Waals surface area contributed by atoms with Gasteiger partial charge in [-0.05, 0) is 44.2 Å². The second-order valence-corrected chi connectivity index (χ2v) is 6.28. The van der Waals surface area contributed by atoms with E-state index in [4.69, 9.17) is 4.74 Å². The maximum atomic E-state index is 12.1. The SMILES string of the molecule is COC(=O)NC(=O)[C@@H](C)OC(=O)c1cc2c(s1)CCCCC2. The topological polar surface area (TPSA) is 81.7 Å². The molecule has 0 saturated heterocycles. The number of carbonyl (C=O) groups is 3. The molecule has 7 heteroatoms. The molecular formula is C15H19NO5S. The first kappa shape index (κ1) is 16.5. The molecule has 0 radical (unpaired) electrons. The minimum Gasteiger partial charge on any atom is -0.453 e. The van der Waals surface area contributed by atoms with E-state index in [1.807, 2.05) is 11.4 Å².